The molecule has 0 bridgehead atoms. The van der Waals surface area contributed by atoms with Gasteiger partial charge in [0.1, 0.15) is 5.76 Å². The first kappa shape index (κ1) is 29.5. The zero-order chi connectivity index (χ0) is 31.8. The number of benzene rings is 3. The average Bonchev–Trinajstić information content (AvgIpc) is 3.63. The largest absolute Gasteiger partial charge is 0.450 e. The van der Waals surface area contributed by atoms with Gasteiger partial charge in [-0.25, -0.2) is 4.99 Å². The third kappa shape index (κ3) is 5.68. The van der Waals surface area contributed by atoms with Gasteiger partial charge in [-0.1, -0.05) is 59.9 Å². The minimum atomic E-state index is -0.667. The van der Waals surface area contributed by atoms with Gasteiger partial charge < -0.3 is 14.6 Å². The fraction of sp³-hybridized carbons (Fsp3) is 0.111. The molecule has 0 spiro atoms. The van der Waals surface area contributed by atoms with Gasteiger partial charge in [-0.05, 0) is 72.8 Å². The fourth-order valence-corrected chi connectivity index (χ4v) is 7.40. The number of aromatic nitrogens is 2. The number of hydrogen-bond acceptors (Lipinski definition) is 8. The van der Waals surface area contributed by atoms with Crippen LogP contribution in [-0.2, 0) is 4.79 Å². The van der Waals surface area contributed by atoms with Crippen molar-refractivity contribution in [2.75, 3.05) is 24.3 Å². The number of thiazole rings is 1. The van der Waals surface area contributed by atoms with Gasteiger partial charge in [0.15, 0.2) is 9.89 Å². The van der Waals surface area contributed by atoms with E-state index in [2.05, 4.69) is 10.3 Å². The molecule has 3 aromatic heterocycles. The van der Waals surface area contributed by atoms with Crippen LogP contribution < -0.4 is 25.1 Å². The molecule has 7 rings (SSSR count). The molecule has 0 radical (unpaired) electrons. The van der Waals surface area contributed by atoms with Crippen LogP contribution in [0.5, 0.6) is 0 Å². The second-order valence-corrected chi connectivity index (χ2v) is 13.0. The second kappa shape index (κ2) is 12.3. The highest BCUT2D eigenvalue weighted by molar-refractivity contribution is 7.99. The quantitative estimate of drug-likeness (QED) is 0.222. The van der Waals surface area contributed by atoms with Crippen molar-refractivity contribution >= 4 is 57.4 Å². The molecule has 0 saturated heterocycles. The van der Waals surface area contributed by atoms with Crippen LogP contribution >= 0.6 is 23.1 Å². The monoisotopic (exact) mass is 643 g/mol. The van der Waals surface area contributed by atoms with Gasteiger partial charge in [0.2, 0.25) is 0 Å². The first-order chi connectivity index (χ1) is 22.4. The molecule has 228 valence electrons. The lowest BCUT2D eigenvalue weighted by Crippen LogP contribution is -2.40. The molecule has 1 N–H and O–H groups in total. The predicted octanol–water partition coefficient (Wildman–Crippen LogP) is 6.23. The number of allylic oxidation sites excluding steroid dienone is 1. The lowest BCUT2D eigenvalue weighted by molar-refractivity contribution is -0.113. The van der Waals surface area contributed by atoms with E-state index in [-0.39, 0.29) is 11.5 Å². The van der Waals surface area contributed by atoms with Crippen LogP contribution in [0.25, 0.3) is 17.0 Å². The number of nitrogens with one attached hydrogen (secondary N) is 1. The van der Waals surface area contributed by atoms with Gasteiger partial charge in [0.25, 0.3) is 11.5 Å². The fourth-order valence-electron chi connectivity index (χ4n) is 5.46. The number of pyridine rings is 1. The van der Waals surface area contributed by atoms with Crippen LogP contribution in [0.3, 0.4) is 0 Å². The zero-order valence-electron chi connectivity index (χ0n) is 25.3. The number of anilines is 2. The van der Waals surface area contributed by atoms with E-state index in [1.807, 2.05) is 123 Å². The van der Waals surface area contributed by atoms with Crippen LogP contribution in [-0.4, -0.2) is 29.6 Å². The molecule has 6 aromatic rings. The molecule has 46 heavy (non-hydrogen) atoms. The Labute approximate surface area is 273 Å². The Bertz CT molecular complexity index is 2300. The molecule has 1 aliphatic heterocycles. The Kier molecular flexibility index (Phi) is 7.90. The van der Waals surface area contributed by atoms with Crippen molar-refractivity contribution < 1.29 is 9.21 Å². The second-order valence-electron chi connectivity index (χ2n) is 11.0. The molecule has 4 heterocycles. The van der Waals surface area contributed by atoms with E-state index in [9.17, 15) is 9.59 Å². The summed E-state index contributed by atoms with van der Waals surface area (Å²) in [6.45, 7) is 1.82. The number of carbonyl (C=O) groups is 1. The number of amides is 1. The summed E-state index contributed by atoms with van der Waals surface area (Å²) in [7, 11) is 3.94. The highest BCUT2D eigenvalue weighted by Crippen LogP contribution is 2.34. The van der Waals surface area contributed by atoms with Gasteiger partial charge >= 0.3 is 0 Å². The number of rotatable bonds is 7. The molecular weight excluding hydrogens is 615 g/mol. The van der Waals surface area contributed by atoms with E-state index in [1.165, 1.54) is 23.1 Å². The number of fused-ring (bicyclic) bond motifs is 2. The van der Waals surface area contributed by atoms with Gasteiger partial charge in [-0.15, -0.1) is 0 Å². The topological polar surface area (TPSA) is 92.7 Å². The highest BCUT2D eigenvalue weighted by Gasteiger charge is 2.32. The first-order valence-corrected chi connectivity index (χ1v) is 16.3. The summed E-state index contributed by atoms with van der Waals surface area (Å²) in [6, 6.07) is 30.2. The average molecular weight is 644 g/mol. The summed E-state index contributed by atoms with van der Waals surface area (Å²) in [4.78, 5) is 40.7. The molecule has 3 aromatic carbocycles. The summed E-state index contributed by atoms with van der Waals surface area (Å²) in [6.07, 6.45) is 3.52. The number of carbonyl (C=O) groups excluding carboxylic acids is 1. The SMILES string of the molecule is CC1=C(C(=O)Nc2ccccc2)[C@H](c2ccc(N(C)C)cc2)n2c(s/c(=C\c3ccc(Sc4cccc5cccnc45)o3)c2=O)=N1. The highest BCUT2D eigenvalue weighted by atomic mass is 32.2. The Morgan fingerprint density at radius 1 is 0.978 bits per heavy atom. The molecule has 0 unspecified atom stereocenters. The van der Waals surface area contributed by atoms with Crippen LogP contribution in [0, 0.1) is 0 Å². The summed E-state index contributed by atoms with van der Waals surface area (Å²) >= 11 is 2.76. The number of furan rings is 1. The number of hydrogen-bond donors (Lipinski definition) is 1. The summed E-state index contributed by atoms with van der Waals surface area (Å²) in [5.74, 6) is 0.240. The van der Waals surface area contributed by atoms with Crippen molar-refractivity contribution in [3.8, 4) is 0 Å². The lowest BCUT2D eigenvalue weighted by atomic mass is 9.95. The Hall–Kier alpha value is -5.19. The summed E-state index contributed by atoms with van der Waals surface area (Å²) in [5, 5.41) is 4.74. The van der Waals surface area contributed by atoms with Crippen molar-refractivity contribution in [2.24, 2.45) is 4.99 Å². The van der Waals surface area contributed by atoms with E-state index >= 15 is 0 Å². The molecule has 0 saturated carbocycles. The van der Waals surface area contributed by atoms with Crippen molar-refractivity contribution in [2.45, 2.75) is 23.0 Å². The van der Waals surface area contributed by atoms with E-state index in [1.54, 1.807) is 16.8 Å². The maximum Gasteiger partial charge on any atom is 0.271 e. The van der Waals surface area contributed by atoms with Crippen molar-refractivity contribution in [1.29, 1.82) is 0 Å². The summed E-state index contributed by atoms with van der Waals surface area (Å²) < 4.78 is 8.23. The smallest absolute Gasteiger partial charge is 0.271 e. The third-order valence-corrected chi connectivity index (χ3v) is 9.66. The van der Waals surface area contributed by atoms with Crippen LogP contribution in [0.4, 0.5) is 11.4 Å². The zero-order valence-corrected chi connectivity index (χ0v) is 26.9. The van der Waals surface area contributed by atoms with Crippen LogP contribution in [0.1, 0.15) is 24.3 Å². The van der Waals surface area contributed by atoms with E-state index in [0.717, 1.165) is 27.0 Å². The molecule has 1 amide bonds. The number of para-hydroxylation sites is 2. The van der Waals surface area contributed by atoms with E-state index in [4.69, 9.17) is 9.41 Å². The van der Waals surface area contributed by atoms with Crippen molar-refractivity contribution in [3.05, 3.63) is 146 Å². The maximum atomic E-state index is 14.1. The van der Waals surface area contributed by atoms with E-state index < -0.39 is 6.04 Å². The number of nitrogens with zero attached hydrogens (tertiary/aromatic N) is 4. The Morgan fingerprint density at radius 3 is 2.54 bits per heavy atom. The van der Waals surface area contributed by atoms with Crippen LogP contribution in [0.2, 0.25) is 0 Å². The van der Waals surface area contributed by atoms with Gasteiger partial charge in [-0.2, -0.15) is 0 Å². The molecule has 1 atom stereocenters. The predicted molar refractivity (Wildman–Crippen MR) is 184 cm³/mol. The molecule has 0 aliphatic carbocycles. The summed E-state index contributed by atoms with van der Waals surface area (Å²) in [5.41, 5.74) is 4.13. The first-order valence-electron chi connectivity index (χ1n) is 14.6. The Morgan fingerprint density at radius 2 is 1.76 bits per heavy atom. The minimum Gasteiger partial charge on any atom is -0.450 e. The Balaban J connectivity index is 1.27. The molecule has 10 heteroatoms. The van der Waals surface area contributed by atoms with Crippen LogP contribution in [0.15, 0.2) is 139 Å². The maximum absolute atomic E-state index is 14.1. The minimum absolute atomic E-state index is 0.244. The van der Waals surface area contributed by atoms with Crippen molar-refractivity contribution in [3.63, 3.8) is 0 Å². The lowest BCUT2D eigenvalue weighted by Gasteiger charge is -2.26. The van der Waals surface area contributed by atoms with Crippen molar-refractivity contribution in [1.82, 2.24) is 9.55 Å². The molecule has 0 fully saturated rings. The van der Waals surface area contributed by atoms with E-state index in [0.29, 0.717) is 37.1 Å². The third-order valence-electron chi connectivity index (χ3n) is 7.70. The van der Waals surface area contributed by atoms with Gasteiger partial charge in [0, 0.05) is 48.0 Å². The standard InChI is InChI=1S/C36H29N5O3S2/c1-22-31(34(42)39-25-11-5-4-6-12-25)33(24-14-16-26(17-15-24)40(2)3)41-35(43)29(46-36(41)38-22)21-27-18-19-30(44-27)45-28-13-7-9-23-10-8-20-37-32(23)28/h4-21,33H,1-3H3,(H,39,42)/b29-21-/t33-/m0/s1. The van der Waals surface area contributed by atoms with Gasteiger partial charge in [-0.3, -0.25) is 19.1 Å². The normalized spacial score (nSPS) is 14.7. The molecular formula is C36H29N5O3S2. The molecule has 8 nitrogen and oxygen atoms in total. The van der Waals surface area contributed by atoms with Gasteiger partial charge in [0.05, 0.1) is 27.4 Å². The molecule has 1 aliphatic rings.